The van der Waals surface area contributed by atoms with Gasteiger partial charge in [0.25, 0.3) is 0 Å². The molecule has 6 aromatic rings. The van der Waals surface area contributed by atoms with Gasteiger partial charge in [0.05, 0.1) is 9.40 Å². The van der Waals surface area contributed by atoms with Gasteiger partial charge >= 0.3 is 0 Å². The summed E-state index contributed by atoms with van der Waals surface area (Å²) >= 11 is 7.80. The van der Waals surface area contributed by atoms with Crippen molar-refractivity contribution in [3.8, 4) is 0 Å². The number of hydrogen-bond donors (Lipinski definition) is 0. The molecule has 0 bridgehead atoms. The van der Waals surface area contributed by atoms with Gasteiger partial charge < -0.3 is 0 Å². The summed E-state index contributed by atoms with van der Waals surface area (Å²) in [6.07, 6.45) is 28.0. The van der Waals surface area contributed by atoms with Gasteiger partial charge in [-0.2, -0.15) is 0 Å². The first-order chi connectivity index (χ1) is 22.7. The molecule has 0 atom stereocenters. The van der Waals surface area contributed by atoms with E-state index in [1.165, 1.54) is 150 Å². The van der Waals surface area contributed by atoms with Crippen LogP contribution in [0.2, 0.25) is 0 Å². The lowest BCUT2D eigenvalue weighted by atomic mass is 10.1. The van der Waals surface area contributed by atoms with Crippen molar-refractivity contribution in [2.45, 2.75) is 104 Å². The Balaban J connectivity index is 1.09. The molecule has 6 rings (SSSR count). The molecule has 0 N–H and O–H groups in total. The van der Waals surface area contributed by atoms with Crippen molar-refractivity contribution in [2.75, 3.05) is 0 Å². The van der Waals surface area contributed by atoms with E-state index < -0.39 is 0 Å². The minimum atomic E-state index is 1.22. The van der Waals surface area contributed by atoms with Crippen LogP contribution >= 0.6 is 45.3 Å². The average Bonchev–Trinajstić information content (AvgIpc) is 3.87. The molecule has 0 saturated heterocycles. The van der Waals surface area contributed by atoms with Gasteiger partial charge in [-0.05, 0) is 97.5 Å². The zero-order valence-corrected chi connectivity index (χ0v) is 30.9. The lowest BCUT2D eigenvalue weighted by molar-refractivity contribution is 0.609. The van der Waals surface area contributed by atoms with Crippen LogP contribution in [-0.4, -0.2) is 0 Å². The van der Waals surface area contributed by atoms with E-state index in [1.807, 2.05) is 45.3 Å². The number of benzene rings is 2. The van der Waals surface area contributed by atoms with Gasteiger partial charge in [0.1, 0.15) is 0 Å². The maximum Gasteiger partial charge on any atom is 0.0542 e. The third-order valence-electron chi connectivity index (χ3n) is 8.93. The first kappa shape index (κ1) is 33.4. The number of fused-ring (bicyclic) bond motifs is 5. The summed E-state index contributed by atoms with van der Waals surface area (Å²) in [6.45, 7) is 4.57. The molecule has 4 heteroatoms. The van der Waals surface area contributed by atoms with Gasteiger partial charge in [-0.15, -0.1) is 45.3 Å². The summed E-state index contributed by atoms with van der Waals surface area (Å²) in [6, 6.07) is 23.2. The second-order valence-corrected chi connectivity index (χ2v) is 17.2. The number of thiophene rings is 4. The third kappa shape index (κ3) is 8.89. The fourth-order valence-corrected chi connectivity index (χ4v) is 10.8. The van der Waals surface area contributed by atoms with Gasteiger partial charge in [-0.25, -0.2) is 0 Å². The monoisotopic (exact) mass is 680 g/mol. The topological polar surface area (TPSA) is 0 Å². The number of unbranched alkanes of at least 4 members (excludes halogenated alkanes) is 10. The molecular weight excluding hydrogens is 633 g/mol. The number of aryl methyl sites for hydroxylation is 2. The predicted octanol–water partition coefficient (Wildman–Crippen LogP) is 15.5. The summed E-state index contributed by atoms with van der Waals surface area (Å²) in [5.41, 5.74) is 2.57. The molecule has 0 unspecified atom stereocenters. The molecule has 240 valence electrons. The van der Waals surface area contributed by atoms with E-state index in [0.717, 1.165) is 0 Å². The number of rotatable bonds is 18. The highest BCUT2D eigenvalue weighted by atomic mass is 32.1. The summed E-state index contributed by atoms with van der Waals surface area (Å²) < 4.78 is 5.63. The molecule has 46 heavy (non-hydrogen) atoms. The minimum absolute atomic E-state index is 1.22. The minimum Gasteiger partial charge on any atom is -0.141 e. The zero-order valence-electron chi connectivity index (χ0n) is 27.6. The van der Waals surface area contributed by atoms with Crippen molar-refractivity contribution in [3.63, 3.8) is 0 Å². The van der Waals surface area contributed by atoms with Crippen molar-refractivity contribution in [3.05, 3.63) is 91.3 Å². The molecule has 4 aromatic heterocycles. The average molecular weight is 681 g/mol. The molecule has 0 aliphatic heterocycles. The summed E-state index contributed by atoms with van der Waals surface area (Å²) in [7, 11) is 0. The molecule has 0 fully saturated rings. The normalized spacial score (nSPS) is 12.3. The molecule has 0 aliphatic carbocycles. The fraction of sp³-hybridized carbons (Fsp3) is 0.381. The molecular formula is C42H48S4. The second-order valence-electron chi connectivity index (χ2n) is 12.7. The van der Waals surface area contributed by atoms with Crippen LogP contribution in [0.15, 0.2) is 60.7 Å². The van der Waals surface area contributed by atoms with Gasteiger partial charge in [-0.1, -0.05) is 102 Å². The highest BCUT2D eigenvalue weighted by molar-refractivity contribution is 7.36. The smallest absolute Gasteiger partial charge is 0.0542 e. The van der Waals surface area contributed by atoms with Crippen molar-refractivity contribution in [1.82, 2.24) is 0 Å². The molecule has 2 aromatic carbocycles. The van der Waals surface area contributed by atoms with E-state index in [2.05, 4.69) is 98.8 Å². The Kier molecular flexibility index (Phi) is 12.4. The van der Waals surface area contributed by atoms with Crippen LogP contribution in [0.25, 0.3) is 53.9 Å². The maximum atomic E-state index is 2.39. The highest BCUT2D eigenvalue weighted by Gasteiger charge is 2.13. The van der Waals surface area contributed by atoms with Crippen LogP contribution in [-0.2, 0) is 12.8 Å². The quantitative estimate of drug-likeness (QED) is 0.0793. The third-order valence-corrected chi connectivity index (χ3v) is 13.7. The van der Waals surface area contributed by atoms with Crippen LogP contribution in [0, 0.1) is 0 Å². The maximum absolute atomic E-state index is 2.39. The molecule has 0 aliphatic rings. The first-order valence-electron chi connectivity index (χ1n) is 17.6. The van der Waals surface area contributed by atoms with Crippen molar-refractivity contribution in [1.29, 1.82) is 0 Å². The van der Waals surface area contributed by atoms with E-state index in [0.29, 0.717) is 0 Å². The molecule has 0 spiro atoms. The van der Waals surface area contributed by atoms with Gasteiger partial charge in [0.2, 0.25) is 0 Å². The molecule has 0 nitrogen and oxygen atoms in total. The van der Waals surface area contributed by atoms with Crippen molar-refractivity contribution < 1.29 is 0 Å². The highest BCUT2D eigenvalue weighted by Crippen LogP contribution is 2.45. The van der Waals surface area contributed by atoms with Gasteiger partial charge in [-0.3, -0.25) is 0 Å². The van der Waals surface area contributed by atoms with E-state index in [9.17, 15) is 0 Å². The Labute approximate surface area is 292 Å². The Morgan fingerprint density at radius 3 is 1.33 bits per heavy atom. The summed E-state index contributed by atoms with van der Waals surface area (Å²) in [4.78, 5) is 5.76. The lowest BCUT2D eigenvalue weighted by Gasteiger charge is -1.99. The Morgan fingerprint density at radius 2 is 0.870 bits per heavy atom. The molecule has 0 radical (unpaired) electrons. The standard InChI is InChI=1S/C42H48S4/c1-3-5-7-9-11-13-15-33-23-25-35(43-33)21-17-31-19-27-39-37(29-31)41-42(45-39)38-30-32(20-28-40(38)46-41)18-22-36-26-24-34(44-36)16-14-12-10-8-6-4-2/h17-30H,3-16H2,1-2H3/b21-17+,22-18+. The van der Waals surface area contributed by atoms with Crippen molar-refractivity contribution in [2.24, 2.45) is 0 Å². The van der Waals surface area contributed by atoms with Crippen LogP contribution in [0.5, 0.6) is 0 Å². The van der Waals surface area contributed by atoms with E-state index in [-0.39, 0.29) is 0 Å². The summed E-state index contributed by atoms with van der Waals surface area (Å²) in [5, 5.41) is 2.79. The number of hydrogen-bond acceptors (Lipinski definition) is 4. The molecule has 4 heterocycles. The predicted molar refractivity (Wildman–Crippen MR) is 215 cm³/mol. The Bertz CT molecular complexity index is 1750. The van der Waals surface area contributed by atoms with E-state index in [1.54, 1.807) is 0 Å². The van der Waals surface area contributed by atoms with E-state index >= 15 is 0 Å². The molecule has 0 amide bonds. The van der Waals surface area contributed by atoms with Crippen LogP contribution in [0.3, 0.4) is 0 Å². The van der Waals surface area contributed by atoms with E-state index in [4.69, 9.17) is 0 Å². The largest absolute Gasteiger partial charge is 0.141 e. The van der Waals surface area contributed by atoms with Crippen LogP contribution in [0.1, 0.15) is 122 Å². The Morgan fingerprint density at radius 1 is 0.435 bits per heavy atom. The SMILES string of the molecule is CCCCCCCCc1ccc(/C=C/c2ccc3sc4c5cc(/C=C/c6ccc(CCCCCCCC)s6)ccc5sc4c3c2)s1. The van der Waals surface area contributed by atoms with Crippen LogP contribution < -0.4 is 0 Å². The summed E-state index contributed by atoms with van der Waals surface area (Å²) in [5.74, 6) is 0. The fourth-order valence-electron chi connectivity index (χ4n) is 6.26. The Hall–Kier alpha value is -2.50. The second kappa shape index (κ2) is 17.1. The zero-order chi connectivity index (χ0) is 31.6. The van der Waals surface area contributed by atoms with Gasteiger partial charge in [0, 0.05) is 39.7 Å². The lowest BCUT2D eigenvalue weighted by Crippen LogP contribution is -1.82. The van der Waals surface area contributed by atoms with Crippen molar-refractivity contribution >= 4 is 99.2 Å². The van der Waals surface area contributed by atoms with Gasteiger partial charge in [0.15, 0.2) is 0 Å². The van der Waals surface area contributed by atoms with Crippen LogP contribution in [0.4, 0.5) is 0 Å². The molecule has 0 saturated carbocycles. The first-order valence-corrected chi connectivity index (χ1v) is 20.9.